The van der Waals surface area contributed by atoms with Crippen molar-refractivity contribution in [2.24, 2.45) is 0 Å². The van der Waals surface area contributed by atoms with Crippen LogP contribution in [0.1, 0.15) is 61.2 Å². The van der Waals surface area contributed by atoms with Crippen LogP contribution >= 0.6 is 0 Å². The molecule has 702 valence electrons. The Morgan fingerprint density at radius 1 is 0.241 bits per heavy atom. The Hall–Kier alpha value is -18.3. The zero-order valence-corrected chi connectivity index (χ0v) is 77.2. The molecular weight excluding hydrogens is 1840 g/mol. The minimum absolute atomic E-state index is 0.0858. The molecule has 18 heteroatoms. The monoisotopic (exact) mass is 1920 g/mol. The second-order valence-corrected chi connectivity index (χ2v) is 35.8. The van der Waals surface area contributed by atoms with Gasteiger partial charge in [0.25, 0.3) is 0 Å². The maximum Gasteiger partial charge on any atom is 0.166 e. The maximum absolute atomic E-state index is 17.6. The van der Waals surface area contributed by atoms with Crippen molar-refractivity contribution >= 4 is 102 Å². The minimum Gasteiger partial charge on any atom is -0.457 e. The maximum atomic E-state index is 17.6. The number of rotatable bonds is 24. The Kier molecular flexibility index (Phi) is 22.9. The molecule has 0 amide bonds. The van der Waals surface area contributed by atoms with E-state index in [9.17, 15) is 0 Å². The number of fused-ring (bicyclic) bond motifs is 9. The van der Waals surface area contributed by atoms with Crippen LogP contribution in [0.15, 0.2) is 442 Å². The third-order valence-corrected chi connectivity index (χ3v) is 27.5. The van der Waals surface area contributed by atoms with E-state index in [4.69, 9.17) is 13.9 Å². The van der Waals surface area contributed by atoms with Crippen molar-refractivity contribution in [1.82, 2.24) is 0 Å². The highest BCUT2D eigenvalue weighted by molar-refractivity contribution is 6.08. The second kappa shape index (κ2) is 36.7. The molecule has 0 aliphatic heterocycles. The van der Waals surface area contributed by atoms with E-state index in [0.29, 0.717) is 147 Å². The van der Waals surface area contributed by atoms with E-state index in [2.05, 4.69) is 13.2 Å². The first-order valence-corrected chi connectivity index (χ1v) is 46.7. The molecular formula is C127H79F11N4O3. The summed E-state index contributed by atoms with van der Waals surface area (Å²) in [5.74, 6) is -9.73. The van der Waals surface area contributed by atoms with Crippen LogP contribution in [0.5, 0.6) is 23.0 Å². The van der Waals surface area contributed by atoms with Crippen LogP contribution in [-0.4, -0.2) is 0 Å². The zero-order valence-electron chi connectivity index (χ0n) is 77.2. The third kappa shape index (κ3) is 15.9. The standard InChI is InChI=1S/C127H79F11N4O3/c1-4-77-14-58-101(59-15-77)143-103-62-26-83(27-63-103)126(120-122(135)76(3)70-115(132)123(120)136)111-12-8-6-10-105(111)107-66-54-97(71-113(107)126)139(93-46-30-85(128)31-47-93)89-38-18-79(19-39-89)81-22-42-91(43-23-81)141(95-50-34-87(130)35-51-95)99-56-68-109-110-69-57-100(74-119(110)145-118(109)73-99)142(96-52-36-88(131)37-53-96)92-44-24-82(25-45-92)80-20-40-90(41-21-80)140(94-48-32-86(129)33-49-94)98-55-67-108-106-11-7-9-13-112(106)127(114(108)72-98,121-124(137)116(133)75-117(134)125(121)138)84-28-64-104(65-29-84)144-102-60-16-78(5-2)17-61-102/h4-75H,1-2H2,3H3. The molecule has 0 radical (unpaired) electrons. The van der Waals surface area contributed by atoms with Gasteiger partial charge < -0.3 is 33.5 Å². The van der Waals surface area contributed by atoms with Crippen molar-refractivity contribution in [3.8, 4) is 67.5 Å². The number of hydrogen-bond donors (Lipinski definition) is 0. The van der Waals surface area contributed by atoms with Gasteiger partial charge in [-0.1, -0.05) is 183 Å². The van der Waals surface area contributed by atoms with Crippen LogP contribution in [0, 0.1) is 70.9 Å². The smallest absolute Gasteiger partial charge is 0.166 e. The lowest BCUT2D eigenvalue weighted by molar-refractivity contribution is 0.426. The minimum atomic E-state index is -2.02. The van der Waals surface area contributed by atoms with Gasteiger partial charge in [-0.05, 0) is 350 Å². The van der Waals surface area contributed by atoms with Crippen LogP contribution in [0.2, 0.25) is 0 Å². The van der Waals surface area contributed by atoms with Crippen LogP contribution in [0.25, 0.3) is 78.6 Å². The molecule has 23 rings (SSSR count). The second-order valence-electron chi connectivity index (χ2n) is 35.8. The summed E-state index contributed by atoms with van der Waals surface area (Å²) < 4.78 is 197. The lowest BCUT2D eigenvalue weighted by Crippen LogP contribution is -2.32. The van der Waals surface area contributed by atoms with Crippen molar-refractivity contribution in [2.45, 2.75) is 17.8 Å². The first-order valence-electron chi connectivity index (χ1n) is 46.7. The van der Waals surface area contributed by atoms with Crippen molar-refractivity contribution in [3.63, 3.8) is 0 Å². The summed E-state index contributed by atoms with van der Waals surface area (Å²) in [5, 5.41) is 1.63. The van der Waals surface area contributed by atoms with E-state index in [0.717, 1.165) is 55.9 Å². The van der Waals surface area contributed by atoms with Gasteiger partial charge in [0.15, 0.2) is 34.9 Å². The fraction of sp³-hybridized carbons (Fsp3) is 0.0236. The molecule has 0 bridgehead atoms. The first-order chi connectivity index (χ1) is 70.6. The summed E-state index contributed by atoms with van der Waals surface area (Å²) in [5.41, 5.74) is 13.1. The summed E-state index contributed by atoms with van der Waals surface area (Å²) in [7, 11) is 0. The fourth-order valence-electron chi connectivity index (χ4n) is 20.8. The first kappa shape index (κ1) is 90.5. The predicted octanol–water partition coefficient (Wildman–Crippen LogP) is 36.2. The predicted molar refractivity (Wildman–Crippen MR) is 555 cm³/mol. The topological polar surface area (TPSA) is 44.6 Å². The molecule has 145 heavy (non-hydrogen) atoms. The molecule has 0 saturated heterocycles. The van der Waals surface area contributed by atoms with Gasteiger partial charge in [-0.25, -0.2) is 48.3 Å². The Labute approximate surface area is 827 Å². The molecule has 2 aliphatic carbocycles. The number of halogens is 11. The van der Waals surface area contributed by atoms with Crippen molar-refractivity contribution in [2.75, 3.05) is 19.6 Å². The normalized spacial score (nSPS) is 13.8. The number of nitrogens with zero attached hydrogens (tertiary/aromatic N) is 4. The highest BCUT2D eigenvalue weighted by Crippen LogP contribution is 2.62. The van der Waals surface area contributed by atoms with Crippen LogP contribution in [0.3, 0.4) is 0 Å². The number of furan rings is 1. The molecule has 21 aromatic rings. The van der Waals surface area contributed by atoms with Crippen LogP contribution in [0.4, 0.5) is 117 Å². The quantitative estimate of drug-likeness (QED) is 0.0441. The number of aryl methyl sites for hydroxylation is 1. The highest BCUT2D eigenvalue weighted by Gasteiger charge is 2.53. The SMILES string of the molecule is C=Cc1ccc(Oc2ccc(C3(c4c(F)c(C)cc(F)c4F)c4ccccc4-c4ccc(N(c5ccc(F)cc5)c5ccc(-c6ccc(N(c7ccc(F)cc7)c7ccc8c(c7)oc7cc(N(c9ccc(F)cc9)c9ccc(-c%10ccc(N(c%11ccc(F)cc%11)c%11ccc%12c(c%11)C(c%11ccc(Oc%13ccc(C=C)cc%13)cc%11)(c%11c(F)c(F)cc(F)c%11F)c%11ccccc%11-%12)cc%10)cc9)ccc78)cc6)cc5)cc43)cc2)cc1. The average molecular weight is 1920 g/mol. The van der Waals surface area contributed by atoms with E-state index in [-0.39, 0.29) is 17.2 Å². The molecule has 20 aromatic carbocycles. The van der Waals surface area contributed by atoms with E-state index in [1.54, 1.807) is 158 Å². The number of hydrogen-bond acceptors (Lipinski definition) is 7. The van der Waals surface area contributed by atoms with Gasteiger partial charge in [-0.2, -0.15) is 0 Å². The summed E-state index contributed by atoms with van der Waals surface area (Å²) >= 11 is 0. The summed E-state index contributed by atoms with van der Waals surface area (Å²) in [6.45, 7) is 9.10. The van der Waals surface area contributed by atoms with Gasteiger partial charge in [0.2, 0.25) is 0 Å². The molecule has 7 nitrogen and oxygen atoms in total. The Balaban J connectivity index is 0.544. The summed E-state index contributed by atoms with van der Waals surface area (Å²) in [4.78, 5) is 7.78. The molecule has 2 atom stereocenters. The van der Waals surface area contributed by atoms with Gasteiger partial charge in [0, 0.05) is 108 Å². The molecule has 0 spiro atoms. The van der Waals surface area contributed by atoms with Crippen molar-refractivity contribution < 1.29 is 62.2 Å². The summed E-state index contributed by atoms with van der Waals surface area (Å²) in [6, 6.07) is 122. The summed E-state index contributed by atoms with van der Waals surface area (Å²) in [6.07, 6.45) is 3.43. The fourth-order valence-corrected chi connectivity index (χ4v) is 20.8. The van der Waals surface area contributed by atoms with Crippen molar-refractivity contribution in [3.05, 3.63) is 563 Å². The van der Waals surface area contributed by atoms with Gasteiger partial charge >= 0.3 is 0 Å². The Bertz CT molecular complexity index is 8080. The number of anilines is 12. The Morgan fingerprint density at radius 2 is 0.497 bits per heavy atom. The largest absolute Gasteiger partial charge is 0.457 e. The lowest BCUT2D eigenvalue weighted by atomic mass is 9.67. The Morgan fingerprint density at radius 3 is 0.807 bits per heavy atom. The van der Waals surface area contributed by atoms with Crippen LogP contribution in [-0.2, 0) is 10.8 Å². The molecule has 0 fully saturated rings. The van der Waals surface area contributed by atoms with Gasteiger partial charge in [0.05, 0.1) is 10.8 Å². The van der Waals surface area contributed by atoms with E-state index < -0.39 is 85.9 Å². The average Bonchev–Trinajstić information content (AvgIpc) is 1.52. The van der Waals surface area contributed by atoms with Gasteiger partial charge in [-0.3, -0.25) is 0 Å². The lowest BCUT2D eigenvalue weighted by Gasteiger charge is -2.35. The number of ether oxygens (including phenoxy) is 2. The molecule has 2 unspecified atom stereocenters. The number of benzene rings is 20. The molecule has 0 N–H and O–H groups in total. The van der Waals surface area contributed by atoms with E-state index in [1.807, 2.05) is 238 Å². The molecule has 0 saturated carbocycles. The molecule has 1 heterocycles. The molecule has 2 aliphatic rings. The molecule has 1 aromatic heterocycles. The van der Waals surface area contributed by atoms with Crippen molar-refractivity contribution in [1.29, 1.82) is 0 Å². The van der Waals surface area contributed by atoms with E-state index >= 15 is 48.3 Å². The van der Waals surface area contributed by atoms with E-state index in [1.165, 1.54) is 55.5 Å². The van der Waals surface area contributed by atoms with Gasteiger partial charge in [-0.15, -0.1) is 0 Å². The highest BCUT2D eigenvalue weighted by atomic mass is 19.2. The van der Waals surface area contributed by atoms with Crippen LogP contribution < -0.4 is 29.1 Å². The van der Waals surface area contributed by atoms with Gasteiger partial charge in [0.1, 0.15) is 63.3 Å². The zero-order chi connectivity index (χ0) is 99.2. The third-order valence-electron chi connectivity index (χ3n) is 27.5.